The van der Waals surface area contributed by atoms with Crippen LogP contribution in [0.1, 0.15) is 23.3 Å². The molecule has 8 heteroatoms. The Morgan fingerprint density at radius 2 is 2.04 bits per heavy atom. The fourth-order valence-corrected chi connectivity index (χ4v) is 2.67. The first-order valence-electron chi connectivity index (χ1n) is 7.51. The second-order valence-electron chi connectivity index (χ2n) is 5.40. The number of para-hydroxylation sites is 1. The van der Waals surface area contributed by atoms with Crippen molar-refractivity contribution in [3.63, 3.8) is 0 Å². The van der Waals surface area contributed by atoms with Gasteiger partial charge < -0.3 is 16.0 Å². The smallest absolute Gasteiger partial charge is 0.274 e. The molecule has 0 spiro atoms. The highest BCUT2D eigenvalue weighted by Crippen LogP contribution is 2.24. The highest BCUT2D eigenvalue weighted by Gasteiger charge is 2.32. The first kappa shape index (κ1) is 15.9. The number of rotatable bonds is 3. The number of piperidine rings is 1. The number of anilines is 2. The van der Waals surface area contributed by atoms with Gasteiger partial charge in [-0.3, -0.25) is 9.59 Å². The van der Waals surface area contributed by atoms with Crippen molar-refractivity contribution >= 4 is 23.3 Å². The molecule has 3 N–H and O–H groups in total. The highest BCUT2D eigenvalue weighted by molar-refractivity contribution is 6.03. The lowest BCUT2D eigenvalue weighted by Crippen LogP contribution is -2.52. The van der Waals surface area contributed by atoms with Gasteiger partial charge in [0.05, 0.1) is 5.69 Å². The van der Waals surface area contributed by atoms with Crippen LogP contribution in [0.2, 0.25) is 0 Å². The lowest BCUT2D eigenvalue weighted by molar-refractivity contribution is -0.121. The maximum atomic E-state index is 13.9. The van der Waals surface area contributed by atoms with Crippen LogP contribution in [-0.4, -0.2) is 34.4 Å². The summed E-state index contributed by atoms with van der Waals surface area (Å²) in [4.78, 5) is 33.9. The van der Waals surface area contributed by atoms with E-state index in [4.69, 9.17) is 5.73 Å². The van der Waals surface area contributed by atoms with Crippen molar-refractivity contribution in [2.24, 2.45) is 0 Å². The van der Waals surface area contributed by atoms with Crippen molar-refractivity contribution in [3.8, 4) is 0 Å². The van der Waals surface area contributed by atoms with Gasteiger partial charge in [-0.05, 0) is 25.0 Å². The number of amides is 2. The molecular formula is C16H16FN5O2. The Labute approximate surface area is 137 Å². The van der Waals surface area contributed by atoms with Gasteiger partial charge in [-0.25, -0.2) is 14.4 Å². The van der Waals surface area contributed by atoms with Gasteiger partial charge in [-0.15, -0.1) is 0 Å². The molecule has 24 heavy (non-hydrogen) atoms. The summed E-state index contributed by atoms with van der Waals surface area (Å²) in [5.41, 5.74) is 5.79. The van der Waals surface area contributed by atoms with Gasteiger partial charge in [0.1, 0.15) is 11.9 Å². The van der Waals surface area contributed by atoms with Gasteiger partial charge in [0.25, 0.3) is 5.91 Å². The molecule has 2 heterocycles. The minimum atomic E-state index is -0.757. The minimum absolute atomic E-state index is 0.00998. The summed E-state index contributed by atoms with van der Waals surface area (Å²) in [6.45, 7) is 0.402. The summed E-state index contributed by atoms with van der Waals surface area (Å²) >= 11 is 0. The van der Waals surface area contributed by atoms with Gasteiger partial charge >= 0.3 is 0 Å². The van der Waals surface area contributed by atoms with E-state index >= 15 is 0 Å². The lowest BCUT2D eigenvalue weighted by Gasteiger charge is -2.32. The third kappa shape index (κ3) is 3.03. The molecular weight excluding hydrogens is 313 g/mol. The molecule has 0 radical (unpaired) electrons. The molecule has 124 valence electrons. The molecule has 2 amide bonds. The number of halogens is 1. The van der Waals surface area contributed by atoms with Crippen molar-refractivity contribution in [2.45, 2.75) is 18.9 Å². The summed E-state index contributed by atoms with van der Waals surface area (Å²) in [7, 11) is 0. The average Bonchev–Trinajstić information content (AvgIpc) is 2.58. The summed E-state index contributed by atoms with van der Waals surface area (Å²) in [5.74, 6) is -1.42. The van der Waals surface area contributed by atoms with E-state index in [1.807, 2.05) is 0 Å². The normalized spacial score (nSPS) is 17.6. The molecule has 1 aromatic heterocycles. The number of hydrogen-bond acceptors (Lipinski definition) is 5. The van der Waals surface area contributed by atoms with Gasteiger partial charge in [-0.2, -0.15) is 0 Å². The van der Waals surface area contributed by atoms with Crippen LogP contribution in [-0.2, 0) is 4.79 Å². The number of nitrogens with two attached hydrogens (primary N) is 1. The van der Waals surface area contributed by atoms with Gasteiger partial charge in [0, 0.05) is 18.9 Å². The Hall–Kier alpha value is -3.03. The Morgan fingerprint density at radius 3 is 2.79 bits per heavy atom. The van der Waals surface area contributed by atoms with Crippen LogP contribution in [0.4, 0.5) is 15.9 Å². The van der Waals surface area contributed by atoms with E-state index in [0.29, 0.717) is 19.4 Å². The number of nitrogen functional groups attached to an aromatic ring is 1. The number of aromatic nitrogens is 2. The van der Waals surface area contributed by atoms with Crippen LogP contribution < -0.4 is 16.0 Å². The standard InChI is InChI=1S/C16H16FN5O2/c17-10-4-1-2-6-12(10)22-9-3-5-11(16(22)24)21-15(23)13-14(18)20-8-7-19-13/h1-2,4,6-8,11H,3,5,9H2,(H2,18,20)(H,21,23)/t11-/m0/s1. The fourth-order valence-electron chi connectivity index (χ4n) is 2.67. The zero-order chi connectivity index (χ0) is 17.1. The maximum absolute atomic E-state index is 13.9. The molecule has 1 fully saturated rings. The molecule has 7 nitrogen and oxygen atoms in total. The molecule has 0 aliphatic carbocycles. The van der Waals surface area contributed by atoms with Crippen molar-refractivity contribution < 1.29 is 14.0 Å². The van der Waals surface area contributed by atoms with E-state index < -0.39 is 17.8 Å². The van der Waals surface area contributed by atoms with E-state index in [1.54, 1.807) is 12.1 Å². The Morgan fingerprint density at radius 1 is 1.29 bits per heavy atom. The average molecular weight is 329 g/mol. The van der Waals surface area contributed by atoms with E-state index in [-0.39, 0.29) is 23.1 Å². The lowest BCUT2D eigenvalue weighted by atomic mass is 10.0. The van der Waals surface area contributed by atoms with E-state index in [9.17, 15) is 14.0 Å². The molecule has 3 rings (SSSR count). The predicted octanol–water partition coefficient (Wildman–Crippen LogP) is 1.12. The molecule has 1 aliphatic rings. The SMILES string of the molecule is Nc1nccnc1C(=O)N[C@H]1CCCN(c2ccccc2F)C1=O. The van der Waals surface area contributed by atoms with Crippen LogP contribution in [0.5, 0.6) is 0 Å². The third-order valence-corrected chi connectivity index (χ3v) is 3.83. The second-order valence-corrected chi connectivity index (χ2v) is 5.40. The Kier molecular flexibility index (Phi) is 4.37. The Bertz CT molecular complexity index is 783. The van der Waals surface area contributed by atoms with Crippen LogP contribution in [0.3, 0.4) is 0 Å². The quantitative estimate of drug-likeness (QED) is 0.879. The van der Waals surface area contributed by atoms with Crippen molar-refractivity contribution in [1.29, 1.82) is 0 Å². The topological polar surface area (TPSA) is 101 Å². The van der Waals surface area contributed by atoms with Crippen molar-refractivity contribution in [2.75, 3.05) is 17.2 Å². The van der Waals surface area contributed by atoms with Crippen LogP contribution in [0.25, 0.3) is 0 Å². The molecule has 1 saturated heterocycles. The zero-order valence-electron chi connectivity index (χ0n) is 12.8. The molecule has 1 aliphatic heterocycles. The number of carbonyl (C=O) groups is 2. The number of nitrogens with one attached hydrogen (secondary N) is 1. The van der Waals surface area contributed by atoms with E-state index in [2.05, 4.69) is 15.3 Å². The van der Waals surface area contributed by atoms with E-state index in [1.165, 1.54) is 29.4 Å². The number of benzene rings is 1. The van der Waals surface area contributed by atoms with Gasteiger partial charge in [0.2, 0.25) is 5.91 Å². The molecule has 0 bridgehead atoms. The number of nitrogens with zero attached hydrogens (tertiary/aromatic N) is 3. The summed E-state index contributed by atoms with van der Waals surface area (Å²) in [5, 5.41) is 2.61. The first-order valence-corrected chi connectivity index (χ1v) is 7.51. The van der Waals surface area contributed by atoms with Gasteiger partial charge in [0.15, 0.2) is 11.5 Å². The molecule has 1 atom stereocenters. The predicted molar refractivity (Wildman–Crippen MR) is 85.7 cm³/mol. The van der Waals surface area contributed by atoms with Crippen molar-refractivity contribution in [3.05, 3.63) is 48.2 Å². The summed E-state index contributed by atoms with van der Waals surface area (Å²) < 4.78 is 13.9. The van der Waals surface area contributed by atoms with Crippen LogP contribution in [0.15, 0.2) is 36.7 Å². The maximum Gasteiger partial charge on any atom is 0.274 e. The van der Waals surface area contributed by atoms with E-state index in [0.717, 1.165) is 0 Å². The van der Waals surface area contributed by atoms with Crippen molar-refractivity contribution in [1.82, 2.24) is 15.3 Å². The van der Waals surface area contributed by atoms with Crippen LogP contribution in [0, 0.1) is 5.82 Å². The number of carbonyl (C=O) groups excluding carboxylic acids is 2. The largest absolute Gasteiger partial charge is 0.382 e. The van der Waals surface area contributed by atoms with Gasteiger partial charge in [-0.1, -0.05) is 12.1 Å². The first-order chi connectivity index (χ1) is 11.6. The van der Waals surface area contributed by atoms with Crippen LogP contribution >= 0.6 is 0 Å². The number of hydrogen-bond donors (Lipinski definition) is 2. The monoisotopic (exact) mass is 329 g/mol. The Balaban J connectivity index is 1.77. The third-order valence-electron chi connectivity index (χ3n) is 3.83. The molecule has 0 unspecified atom stereocenters. The molecule has 2 aromatic rings. The second kappa shape index (κ2) is 6.61. The molecule has 0 saturated carbocycles. The zero-order valence-corrected chi connectivity index (χ0v) is 12.8. The molecule has 1 aromatic carbocycles. The fraction of sp³-hybridized carbons (Fsp3) is 0.250. The summed E-state index contributed by atoms with van der Waals surface area (Å²) in [6, 6.07) is 5.30. The highest BCUT2D eigenvalue weighted by atomic mass is 19.1. The summed E-state index contributed by atoms with van der Waals surface area (Å²) in [6.07, 6.45) is 3.83. The minimum Gasteiger partial charge on any atom is -0.382 e.